The summed E-state index contributed by atoms with van der Waals surface area (Å²) in [6, 6.07) is 14.8. The Kier molecular flexibility index (Phi) is 6.90. The second kappa shape index (κ2) is 10.6. The Hall–Kier alpha value is -4.58. The van der Waals surface area contributed by atoms with Crippen LogP contribution >= 0.6 is 0 Å². The summed E-state index contributed by atoms with van der Waals surface area (Å²) in [7, 11) is 0. The largest absolute Gasteiger partial charge is 0.368 e. The van der Waals surface area contributed by atoms with E-state index in [1.807, 2.05) is 48.8 Å². The normalized spacial score (nSPS) is 16.3. The zero-order chi connectivity index (χ0) is 25.8. The number of nitrogens with zero attached hydrogens (tertiary/aromatic N) is 1. The van der Waals surface area contributed by atoms with Gasteiger partial charge in [-0.15, -0.1) is 0 Å². The smallest absolute Gasteiger partial charge is 0.269 e. The fraction of sp³-hybridized carbons (Fsp3) is 0.129. The van der Waals surface area contributed by atoms with E-state index in [2.05, 4.69) is 23.5 Å². The van der Waals surface area contributed by atoms with Gasteiger partial charge in [-0.2, -0.15) is 0 Å². The Morgan fingerprint density at radius 2 is 1.62 bits per heavy atom. The third kappa shape index (κ3) is 5.19. The van der Waals surface area contributed by atoms with Gasteiger partial charge in [0.15, 0.2) is 5.78 Å². The molecule has 0 fully saturated rings. The number of aryl methyl sites for hydroxylation is 1. The van der Waals surface area contributed by atoms with E-state index in [1.165, 1.54) is 35.9 Å². The van der Waals surface area contributed by atoms with Gasteiger partial charge in [0.25, 0.3) is 5.69 Å². The maximum atomic E-state index is 13.9. The van der Waals surface area contributed by atoms with Gasteiger partial charge in [-0.3, -0.25) is 14.9 Å². The van der Waals surface area contributed by atoms with E-state index in [0.717, 1.165) is 40.0 Å². The summed E-state index contributed by atoms with van der Waals surface area (Å²) in [5.41, 5.74) is 4.64. The zero-order valence-corrected chi connectivity index (χ0v) is 20.1. The van der Waals surface area contributed by atoms with Crippen LogP contribution in [0.25, 0.3) is 23.3 Å². The fourth-order valence-corrected chi connectivity index (χ4v) is 4.91. The molecule has 0 saturated carbocycles. The molecule has 1 atom stereocenters. The molecule has 184 valence electrons. The standard InChI is InChI=1S/C25H18FNO3.C6H7N/c26-19-8-3-16-7-11-21-22(24(16)14-19)12-6-15-1-2-18(13-23(15)21)25(28)17-4-9-20(10-5-17)27(29)30;1-2-4-6-7-5-3-1/h3-6,8-14,18H,1-2,7H2;1-7H. The van der Waals surface area contributed by atoms with E-state index in [1.54, 1.807) is 6.07 Å². The van der Waals surface area contributed by atoms with E-state index >= 15 is 0 Å². The van der Waals surface area contributed by atoms with E-state index in [-0.39, 0.29) is 23.2 Å². The Morgan fingerprint density at radius 1 is 0.892 bits per heavy atom. The molecule has 37 heavy (non-hydrogen) atoms. The molecular weight excluding hydrogens is 467 g/mol. The van der Waals surface area contributed by atoms with Crippen LogP contribution in [0.4, 0.5) is 10.1 Å². The van der Waals surface area contributed by atoms with Crippen LogP contribution in [0.2, 0.25) is 0 Å². The highest BCUT2D eigenvalue weighted by atomic mass is 19.1. The average molecular weight is 493 g/mol. The highest BCUT2D eigenvalue weighted by Crippen LogP contribution is 2.27. The number of allylic oxidation sites excluding steroid dienone is 4. The lowest BCUT2D eigenvalue weighted by Crippen LogP contribution is -2.37. The highest BCUT2D eigenvalue weighted by Gasteiger charge is 2.23. The van der Waals surface area contributed by atoms with Crippen LogP contribution in [0.5, 0.6) is 0 Å². The van der Waals surface area contributed by atoms with E-state index in [9.17, 15) is 19.3 Å². The van der Waals surface area contributed by atoms with Crippen molar-refractivity contribution in [3.63, 3.8) is 0 Å². The number of rotatable bonds is 3. The molecule has 6 heteroatoms. The van der Waals surface area contributed by atoms with Crippen molar-refractivity contribution in [2.24, 2.45) is 5.92 Å². The quantitative estimate of drug-likeness (QED) is 0.312. The van der Waals surface area contributed by atoms with E-state index in [0.29, 0.717) is 12.0 Å². The van der Waals surface area contributed by atoms with Crippen molar-refractivity contribution in [2.45, 2.75) is 19.3 Å². The number of benzene rings is 3. The lowest BCUT2D eigenvalue weighted by atomic mass is 9.82. The molecule has 0 amide bonds. The predicted molar refractivity (Wildman–Crippen MR) is 144 cm³/mol. The first-order valence-corrected chi connectivity index (χ1v) is 12.2. The van der Waals surface area contributed by atoms with Crippen molar-refractivity contribution < 1.29 is 14.1 Å². The van der Waals surface area contributed by atoms with Gasteiger partial charge in [0.2, 0.25) is 0 Å². The SMILES string of the molecule is C1=CC=CNC=C1.O=C(c1ccc([N+](=O)[O-])cc1)C1C=c2c(ccc3c2=CCc2ccc(F)cc2-3)CC1. The number of nitrogens with one attached hydrogen (secondary N) is 1. The second-order valence-electron chi connectivity index (χ2n) is 9.06. The van der Waals surface area contributed by atoms with Crippen LogP contribution in [-0.2, 0) is 12.8 Å². The monoisotopic (exact) mass is 492 g/mol. The minimum atomic E-state index is -0.472. The number of halogens is 1. The minimum Gasteiger partial charge on any atom is -0.368 e. The molecule has 0 aromatic heterocycles. The number of ketones is 1. The van der Waals surface area contributed by atoms with Gasteiger partial charge in [0, 0.05) is 36.0 Å². The number of fused-ring (bicyclic) bond motifs is 5. The van der Waals surface area contributed by atoms with Gasteiger partial charge < -0.3 is 5.32 Å². The first-order valence-electron chi connectivity index (χ1n) is 12.2. The van der Waals surface area contributed by atoms with Crippen molar-refractivity contribution in [3.05, 3.63) is 134 Å². The number of nitro benzene ring substituents is 1. The van der Waals surface area contributed by atoms with Gasteiger partial charge in [-0.05, 0) is 88.4 Å². The van der Waals surface area contributed by atoms with E-state index < -0.39 is 4.92 Å². The third-order valence-electron chi connectivity index (χ3n) is 6.78. The fourth-order valence-electron chi connectivity index (χ4n) is 4.91. The molecule has 0 saturated heterocycles. The second-order valence-corrected chi connectivity index (χ2v) is 9.06. The Bertz CT molecular complexity index is 1570. The van der Waals surface area contributed by atoms with Crippen LogP contribution in [0.15, 0.2) is 91.3 Å². The number of nitro groups is 1. The van der Waals surface area contributed by atoms with Crippen LogP contribution in [0, 0.1) is 21.8 Å². The Balaban J connectivity index is 0.000000348. The molecule has 2 aliphatic carbocycles. The maximum absolute atomic E-state index is 13.9. The van der Waals surface area contributed by atoms with Gasteiger partial charge in [0.1, 0.15) is 5.82 Å². The summed E-state index contributed by atoms with van der Waals surface area (Å²) >= 11 is 0. The molecule has 0 radical (unpaired) electrons. The first kappa shape index (κ1) is 24.1. The third-order valence-corrected chi connectivity index (χ3v) is 6.78. The molecule has 1 aliphatic heterocycles. The van der Waals surface area contributed by atoms with Gasteiger partial charge in [-0.1, -0.05) is 42.5 Å². The maximum Gasteiger partial charge on any atom is 0.269 e. The van der Waals surface area contributed by atoms with Crippen molar-refractivity contribution in [1.82, 2.24) is 5.32 Å². The summed E-state index contributed by atoms with van der Waals surface area (Å²) in [6.07, 6.45) is 18.0. The number of hydrogen-bond donors (Lipinski definition) is 1. The van der Waals surface area contributed by atoms with Crippen molar-refractivity contribution in [2.75, 3.05) is 0 Å². The Morgan fingerprint density at radius 3 is 2.35 bits per heavy atom. The Labute approximate surface area is 213 Å². The summed E-state index contributed by atoms with van der Waals surface area (Å²) in [5.74, 6) is -0.572. The summed E-state index contributed by atoms with van der Waals surface area (Å²) in [4.78, 5) is 23.4. The lowest BCUT2D eigenvalue weighted by molar-refractivity contribution is -0.384. The molecule has 1 unspecified atom stereocenters. The first-order chi connectivity index (χ1) is 18.0. The number of carbonyl (C=O) groups excluding carboxylic acids is 1. The number of carbonyl (C=O) groups is 1. The van der Waals surface area contributed by atoms with E-state index in [4.69, 9.17) is 0 Å². The summed E-state index contributed by atoms with van der Waals surface area (Å²) in [5, 5.41) is 15.9. The van der Waals surface area contributed by atoms with Crippen LogP contribution in [0.1, 0.15) is 27.9 Å². The van der Waals surface area contributed by atoms with Crippen LogP contribution in [-0.4, -0.2) is 10.7 Å². The average Bonchev–Trinajstić information content (AvgIpc) is 3.26. The number of hydrogen-bond acceptors (Lipinski definition) is 4. The zero-order valence-electron chi connectivity index (χ0n) is 20.1. The minimum absolute atomic E-state index is 0.0286. The van der Waals surface area contributed by atoms with Gasteiger partial charge in [0.05, 0.1) is 4.92 Å². The van der Waals surface area contributed by atoms with Crippen LogP contribution in [0.3, 0.4) is 0 Å². The van der Waals surface area contributed by atoms with Crippen molar-refractivity contribution >= 4 is 23.6 Å². The molecule has 1 N–H and O–H groups in total. The number of non-ortho nitro benzene ring substituents is 1. The van der Waals surface area contributed by atoms with Crippen LogP contribution < -0.4 is 15.8 Å². The molecule has 3 aromatic carbocycles. The molecular formula is C31H25FN2O3. The molecule has 0 spiro atoms. The molecule has 5 nitrogen and oxygen atoms in total. The molecule has 1 heterocycles. The molecule has 6 rings (SSSR count). The molecule has 0 bridgehead atoms. The van der Waals surface area contributed by atoms with Crippen molar-refractivity contribution in [1.29, 1.82) is 0 Å². The highest BCUT2D eigenvalue weighted by molar-refractivity contribution is 6.01. The topological polar surface area (TPSA) is 72.2 Å². The summed E-state index contributed by atoms with van der Waals surface area (Å²) in [6.45, 7) is 0. The van der Waals surface area contributed by atoms with Gasteiger partial charge in [-0.25, -0.2) is 4.39 Å². The lowest BCUT2D eigenvalue weighted by Gasteiger charge is -2.21. The molecule has 3 aromatic rings. The van der Waals surface area contributed by atoms with Gasteiger partial charge >= 0.3 is 0 Å². The number of Topliss-reactive ketones (excluding diaryl/α,β-unsaturated/α-hetero) is 1. The van der Waals surface area contributed by atoms with Crippen molar-refractivity contribution in [3.8, 4) is 11.1 Å². The predicted octanol–water partition coefficient (Wildman–Crippen LogP) is 5.14. The summed E-state index contributed by atoms with van der Waals surface area (Å²) < 4.78 is 13.9. The molecule has 3 aliphatic rings.